The van der Waals surface area contributed by atoms with Gasteiger partial charge in [-0.2, -0.15) is 0 Å². The topological polar surface area (TPSA) is 15.6 Å². The molecule has 0 spiro atoms. The van der Waals surface area contributed by atoms with Crippen molar-refractivity contribution in [1.82, 2.24) is 4.90 Å². The second kappa shape index (κ2) is 8.39. The highest BCUT2D eigenvalue weighted by atomic mass is 32.2. The van der Waals surface area contributed by atoms with E-state index in [0.717, 1.165) is 31.0 Å². The van der Waals surface area contributed by atoms with Gasteiger partial charge in [0.05, 0.1) is 5.69 Å². The Morgan fingerprint density at radius 1 is 0.833 bits per heavy atom. The Balaban J connectivity index is 2.03. The second-order valence-electron chi connectivity index (χ2n) is 6.20. The van der Waals surface area contributed by atoms with Crippen molar-refractivity contribution < 1.29 is 0 Å². The van der Waals surface area contributed by atoms with Crippen LogP contribution in [-0.2, 0) is 0 Å². The molecule has 0 aliphatic carbocycles. The zero-order valence-electron chi connectivity index (χ0n) is 14.7. The molecule has 2 aromatic rings. The molecule has 0 unspecified atom stereocenters. The minimum absolute atomic E-state index is 1.06. The summed E-state index contributed by atoms with van der Waals surface area (Å²) in [6.45, 7) is 6.65. The summed E-state index contributed by atoms with van der Waals surface area (Å²) in [5, 5.41) is 0. The average molecular weight is 339 g/mol. The van der Waals surface area contributed by atoms with Gasteiger partial charge in [-0.1, -0.05) is 68.8 Å². The first-order chi connectivity index (χ1) is 11.8. The summed E-state index contributed by atoms with van der Waals surface area (Å²) < 4.78 is 0. The highest BCUT2D eigenvalue weighted by Gasteiger charge is 2.21. The van der Waals surface area contributed by atoms with Crippen LogP contribution < -0.4 is 0 Å². The van der Waals surface area contributed by atoms with Crippen LogP contribution in [0.3, 0.4) is 0 Å². The van der Waals surface area contributed by atoms with E-state index >= 15 is 0 Å². The molecule has 2 aromatic carbocycles. The van der Waals surface area contributed by atoms with Gasteiger partial charge in [0.2, 0.25) is 0 Å². The monoisotopic (exact) mass is 338 g/mol. The number of rotatable bonds is 6. The first kappa shape index (κ1) is 17.1. The number of nitrogens with zero attached hydrogens (tertiary/aromatic N) is 2. The van der Waals surface area contributed by atoms with Crippen LogP contribution in [0, 0.1) is 0 Å². The van der Waals surface area contributed by atoms with E-state index < -0.39 is 0 Å². The van der Waals surface area contributed by atoms with Crippen LogP contribution in [0.2, 0.25) is 0 Å². The Labute approximate surface area is 150 Å². The van der Waals surface area contributed by atoms with Gasteiger partial charge in [-0.15, -0.1) is 0 Å². The highest BCUT2D eigenvalue weighted by molar-refractivity contribution is 7.99. The molecular weight excluding hydrogens is 312 g/mol. The van der Waals surface area contributed by atoms with E-state index in [-0.39, 0.29) is 0 Å². The van der Waals surface area contributed by atoms with E-state index in [1.54, 1.807) is 0 Å². The quantitative estimate of drug-likeness (QED) is 0.589. The number of unbranched alkanes of at least 4 members (excludes halogenated alkanes) is 2. The zero-order chi connectivity index (χ0) is 16.8. The average Bonchev–Trinajstić information content (AvgIpc) is 2.78. The van der Waals surface area contributed by atoms with Gasteiger partial charge < -0.3 is 4.90 Å². The Bertz CT molecular complexity index is 708. The summed E-state index contributed by atoms with van der Waals surface area (Å²) in [6.07, 6.45) is 4.90. The lowest BCUT2D eigenvalue weighted by atomic mass is 10.1. The van der Waals surface area contributed by atoms with Gasteiger partial charge in [0.1, 0.15) is 5.84 Å². The van der Waals surface area contributed by atoms with E-state index in [1.165, 1.54) is 34.6 Å². The number of aliphatic imine (C=N–C) groups is 1. The summed E-state index contributed by atoms with van der Waals surface area (Å²) in [7, 11) is 0. The number of hydrogen-bond acceptors (Lipinski definition) is 3. The fourth-order valence-corrected chi connectivity index (χ4v) is 4.07. The first-order valence-electron chi connectivity index (χ1n) is 9.03. The van der Waals surface area contributed by atoms with Crippen molar-refractivity contribution in [1.29, 1.82) is 0 Å². The number of fused-ring (bicyclic) bond motifs is 2. The molecule has 1 aliphatic rings. The van der Waals surface area contributed by atoms with Crippen molar-refractivity contribution in [2.45, 2.75) is 49.3 Å². The summed E-state index contributed by atoms with van der Waals surface area (Å²) >= 11 is 1.83. The molecule has 0 radical (unpaired) electrons. The fraction of sp³-hybridized carbons (Fsp3) is 0.381. The standard InChI is InChI=1S/C21H26N2S/c1-3-5-10-16-23(15-4-2)21-17-11-6-8-13-19(17)24-20-14-9-7-12-18(20)22-21/h6-9,11-14H,3-5,10,15-16H2,1-2H3. The Morgan fingerprint density at radius 3 is 2.38 bits per heavy atom. The predicted octanol–water partition coefficient (Wildman–Crippen LogP) is 6.13. The molecule has 0 atom stereocenters. The minimum atomic E-state index is 1.06. The van der Waals surface area contributed by atoms with E-state index in [2.05, 4.69) is 67.3 Å². The molecule has 0 N–H and O–H groups in total. The van der Waals surface area contributed by atoms with Gasteiger partial charge >= 0.3 is 0 Å². The lowest BCUT2D eigenvalue weighted by Crippen LogP contribution is -2.33. The maximum absolute atomic E-state index is 5.10. The number of benzene rings is 2. The van der Waals surface area contributed by atoms with Crippen LogP contribution in [-0.4, -0.2) is 23.8 Å². The van der Waals surface area contributed by atoms with Crippen LogP contribution in [0.15, 0.2) is 63.3 Å². The Kier molecular flexibility index (Phi) is 5.97. The third kappa shape index (κ3) is 3.84. The van der Waals surface area contributed by atoms with E-state index in [0.29, 0.717) is 0 Å². The van der Waals surface area contributed by atoms with Gasteiger partial charge in [0.25, 0.3) is 0 Å². The van der Waals surface area contributed by atoms with Gasteiger partial charge in [-0.3, -0.25) is 0 Å². The van der Waals surface area contributed by atoms with Crippen molar-refractivity contribution >= 4 is 23.3 Å². The molecule has 3 rings (SSSR count). The molecule has 0 aromatic heterocycles. The van der Waals surface area contributed by atoms with E-state index in [1.807, 2.05) is 11.8 Å². The molecule has 0 fully saturated rings. The number of para-hydroxylation sites is 1. The molecule has 1 aliphatic heterocycles. The zero-order valence-corrected chi connectivity index (χ0v) is 15.5. The van der Waals surface area contributed by atoms with Crippen molar-refractivity contribution in [2.75, 3.05) is 13.1 Å². The smallest absolute Gasteiger partial charge is 0.137 e. The van der Waals surface area contributed by atoms with Gasteiger partial charge in [-0.05, 0) is 31.0 Å². The van der Waals surface area contributed by atoms with E-state index in [4.69, 9.17) is 4.99 Å². The molecule has 126 valence electrons. The molecule has 0 amide bonds. The number of amidine groups is 1. The maximum Gasteiger partial charge on any atom is 0.137 e. The van der Waals surface area contributed by atoms with Gasteiger partial charge in [-0.25, -0.2) is 4.99 Å². The van der Waals surface area contributed by atoms with Crippen LogP contribution in [0.5, 0.6) is 0 Å². The van der Waals surface area contributed by atoms with Crippen LogP contribution in [0.1, 0.15) is 45.1 Å². The molecule has 24 heavy (non-hydrogen) atoms. The predicted molar refractivity (Wildman–Crippen MR) is 105 cm³/mol. The molecule has 0 bridgehead atoms. The lowest BCUT2D eigenvalue weighted by Gasteiger charge is -2.26. The third-order valence-corrected chi connectivity index (χ3v) is 5.41. The summed E-state index contributed by atoms with van der Waals surface area (Å²) in [6, 6.07) is 17.2. The first-order valence-corrected chi connectivity index (χ1v) is 9.85. The SMILES string of the molecule is CCCCCN(CCC)C1=Nc2ccccc2Sc2ccccc21. The maximum atomic E-state index is 5.10. The molecule has 3 heteroatoms. The summed E-state index contributed by atoms with van der Waals surface area (Å²) in [5.41, 5.74) is 2.36. The van der Waals surface area contributed by atoms with Crippen molar-refractivity contribution in [3.8, 4) is 0 Å². The minimum Gasteiger partial charge on any atom is -0.356 e. The second-order valence-corrected chi connectivity index (χ2v) is 7.28. The van der Waals surface area contributed by atoms with Gasteiger partial charge in [0, 0.05) is 28.4 Å². The molecule has 2 nitrogen and oxygen atoms in total. The van der Waals surface area contributed by atoms with Crippen molar-refractivity contribution in [3.63, 3.8) is 0 Å². The molecule has 0 saturated carbocycles. The molecular formula is C21H26N2S. The van der Waals surface area contributed by atoms with E-state index in [9.17, 15) is 0 Å². The molecule has 1 heterocycles. The summed E-state index contributed by atoms with van der Waals surface area (Å²) in [4.78, 5) is 10.1. The van der Waals surface area contributed by atoms with Gasteiger partial charge in [0.15, 0.2) is 0 Å². The summed E-state index contributed by atoms with van der Waals surface area (Å²) in [5.74, 6) is 1.14. The fourth-order valence-electron chi connectivity index (χ4n) is 3.06. The van der Waals surface area contributed by atoms with Crippen LogP contribution >= 0.6 is 11.8 Å². The Morgan fingerprint density at radius 2 is 1.58 bits per heavy atom. The highest BCUT2D eigenvalue weighted by Crippen LogP contribution is 2.40. The van der Waals surface area contributed by atoms with Crippen LogP contribution in [0.4, 0.5) is 5.69 Å². The van der Waals surface area contributed by atoms with Crippen molar-refractivity contribution in [2.24, 2.45) is 4.99 Å². The number of hydrogen-bond donors (Lipinski definition) is 0. The normalized spacial score (nSPS) is 12.8. The lowest BCUT2D eigenvalue weighted by molar-refractivity contribution is 0.403. The van der Waals surface area contributed by atoms with Crippen molar-refractivity contribution in [3.05, 3.63) is 54.1 Å². The third-order valence-electron chi connectivity index (χ3n) is 4.26. The molecule has 0 saturated heterocycles. The Hall–Kier alpha value is -1.74. The van der Waals surface area contributed by atoms with Crippen LogP contribution in [0.25, 0.3) is 0 Å². The largest absolute Gasteiger partial charge is 0.356 e.